The molecule has 2 saturated heterocycles. The van der Waals surface area contributed by atoms with Crippen LogP contribution >= 0.6 is 12.4 Å². The Morgan fingerprint density at radius 1 is 1.21 bits per heavy atom. The second-order valence-electron chi connectivity index (χ2n) is 7.54. The highest BCUT2D eigenvalue weighted by atomic mass is 35.5. The molecule has 2 aliphatic heterocycles. The third kappa shape index (κ3) is 1.76. The summed E-state index contributed by atoms with van der Waals surface area (Å²) in [6.07, 6.45) is 5.33. The van der Waals surface area contributed by atoms with Crippen molar-refractivity contribution in [3.05, 3.63) is 0 Å². The van der Waals surface area contributed by atoms with Gasteiger partial charge < -0.3 is 14.6 Å². The first-order valence-electron chi connectivity index (χ1n) is 7.58. The van der Waals surface area contributed by atoms with Gasteiger partial charge in [0.15, 0.2) is 0 Å². The van der Waals surface area contributed by atoms with Crippen molar-refractivity contribution in [2.45, 2.75) is 64.1 Å². The lowest BCUT2D eigenvalue weighted by Crippen LogP contribution is -2.65. The summed E-state index contributed by atoms with van der Waals surface area (Å²) in [5.74, 6) is 1.95. The molecule has 3 saturated carbocycles. The van der Waals surface area contributed by atoms with E-state index in [1.807, 2.05) is 0 Å². The van der Waals surface area contributed by atoms with Crippen LogP contribution in [0.2, 0.25) is 0 Å². The molecule has 5 atom stereocenters. The fourth-order valence-corrected chi connectivity index (χ4v) is 5.01. The van der Waals surface area contributed by atoms with E-state index in [0.29, 0.717) is 23.4 Å². The molecule has 0 radical (unpaired) electrons. The van der Waals surface area contributed by atoms with Crippen LogP contribution in [-0.4, -0.2) is 31.3 Å². The van der Waals surface area contributed by atoms with Crippen molar-refractivity contribution in [3.63, 3.8) is 0 Å². The SMILES string of the molecule is CC1(C)[C@@H]2C[C@H]1[C@]1(C)OB([C@@H]3CCCN3)O[C@@H]1C2.Cl. The van der Waals surface area contributed by atoms with Gasteiger partial charge in [-0.1, -0.05) is 13.8 Å². The highest BCUT2D eigenvalue weighted by molar-refractivity contribution is 6.47. The van der Waals surface area contributed by atoms with Gasteiger partial charge in [0.1, 0.15) is 0 Å². The van der Waals surface area contributed by atoms with Gasteiger partial charge in [0.2, 0.25) is 0 Å². The molecule has 2 heterocycles. The molecule has 5 heteroatoms. The molecule has 5 rings (SSSR count). The first-order valence-corrected chi connectivity index (χ1v) is 7.58. The maximum Gasteiger partial charge on any atom is 0.475 e. The number of nitrogens with one attached hydrogen (secondary N) is 1. The number of hydrogen-bond acceptors (Lipinski definition) is 3. The van der Waals surface area contributed by atoms with Crippen molar-refractivity contribution in [2.24, 2.45) is 17.3 Å². The quantitative estimate of drug-likeness (QED) is 0.751. The van der Waals surface area contributed by atoms with Crippen LogP contribution in [0.3, 0.4) is 0 Å². The first-order chi connectivity index (χ1) is 8.52. The van der Waals surface area contributed by atoms with Gasteiger partial charge in [0, 0.05) is 5.94 Å². The molecule has 3 aliphatic carbocycles. The van der Waals surface area contributed by atoms with Crippen molar-refractivity contribution in [1.82, 2.24) is 5.32 Å². The van der Waals surface area contributed by atoms with Crippen LogP contribution in [0.4, 0.5) is 0 Å². The molecule has 3 nitrogen and oxygen atoms in total. The zero-order valence-electron chi connectivity index (χ0n) is 12.1. The summed E-state index contributed by atoms with van der Waals surface area (Å²) in [6, 6.07) is 0. The molecule has 1 N–H and O–H groups in total. The Bertz CT molecular complexity index is 374. The fraction of sp³-hybridized carbons (Fsp3) is 1.00. The average molecular weight is 286 g/mol. The maximum atomic E-state index is 6.44. The van der Waals surface area contributed by atoms with Gasteiger partial charge in [0.25, 0.3) is 0 Å². The molecule has 0 spiro atoms. The zero-order valence-corrected chi connectivity index (χ0v) is 13.0. The van der Waals surface area contributed by atoms with Gasteiger partial charge in [-0.25, -0.2) is 0 Å². The summed E-state index contributed by atoms with van der Waals surface area (Å²) in [4.78, 5) is 0. The van der Waals surface area contributed by atoms with E-state index in [4.69, 9.17) is 9.31 Å². The molecule has 5 aliphatic rings. The van der Waals surface area contributed by atoms with Crippen molar-refractivity contribution in [1.29, 1.82) is 0 Å². The summed E-state index contributed by atoms with van der Waals surface area (Å²) in [5, 5.41) is 3.52. The van der Waals surface area contributed by atoms with Crippen LogP contribution in [0.1, 0.15) is 46.5 Å². The molecule has 0 amide bonds. The van der Waals surface area contributed by atoms with E-state index < -0.39 is 0 Å². The molecule has 108 valence electrons. The normalized spacial score (nSPS) is 50.4. The lowest BCUT2D eigenvalue weighted by atomic mass is 9.43. The van der Waals surface area contributed by atoms with Crippen LogP contribution in [0, 0.1) is 17.3 Å². The lowest BCUT2D eigenvalue weighted by molar-refractivity contribution is -0.199. The van der Waals surface area contributed by atoms with Gasteiger partial charge in [-0.3, -0.25) is 0 Å². The van der Waals surface area contributed by atoms with Gasteiger partial charge in [-0.15, -0.1) is 12.4 Å². The first kappa shape index (κ1) is 14.2. The smallest absolute Gasteiger partial charge is 0.404 e. The van der Waals surface area contributed by atoms with Gasteiger partial charge in [0.05, 0.1) is 11.7 Å². The summed E-state index contributed by atoms with van der Waals surface area (Å²) < 4.78 is 12.7. The predicted octanol–water partition coefficient (Wildman–Crippen LogP) is 2.43. The number of halogens is 1. The summed E-state index contributed by atoms with van der Waals surface area (Å²) >= 11 is 0. The standard InChI is InChI=1S/C14H24BNO2.ClH/c1-13(2)9-7-10(13)14(3)11(8-9)17-15(18-14)12-5-4-6-16-12;/h9-12,16H,4-8H2,1-3H3;1H/t9-,10-,11-,12+,14+;/m1./s1. The summed E-state index contributed by atoms with van der Waals surface area (Å²) in [5.41, 5.74) is 0.416. The molecule has 0 aromatic rings. The van der Waals surface area contributed by atoms with Crippen LogP contribution in [-0.2, 0) is 9.31 Å². The largest absolute Gasteiger partial charge is 0.475 e. The minimum atomic E-state index is -0.0345. The molecule has 2 bridgehead atoms. The van der Waals surface area contributed by atoms with Gasteiger partial charge in [-0.2, -0.15) is 0 Å². The summed E-state index contributed by atoms with van der Waals surface area (Å²) in [6.45, 7) is 8.25. The highest BCUT2D eigenvalue weighted by Crippen LogP contribution is 2.65. The van der Waals surface area contributed by atoms with Gasteiger partial charge >= 0.3 is 7.12 Å². The van der Waals surface area contributed by atoms with E-state index in [0.717, 1.165) is 12.5 Å². The van der Waals surface area contributed by atoms with E-state index in [9.17, 15) is 0 Å². The third-order valence-corrected chi connectivity index (χ3v) is 6.40. The molecule has 0 unspecified atom stereocenters. The summed E-state index contributed by atoms with van der Waals surface area (Å²) in [7, 11) is -0.00218. The van der Waals surface area contributed by atoms with Crippen LogP contribution < -0.4 is 5.32 Å². The Labute approximate surface area is 122 Å². The van der Waals surface area contributed by atoms with E-state index in [2.05, 4.69) is 26.1 Å². The molecular formula is C14H25BClNO2. The zero-order chi connectivity index (χ0) is 12.5. The topological polar surface area (TPSA) is 30.5 Å². The highest BCUT2D eigenvalue weighted by Gasteiger charge is 2.68. The van der Waals surface area contributed by atoms with Crippen molar-refractivity contribution in [3.8, 4) is 0 Å². The Hall–Kier alpha value is 0.235. The van der Waals surface area contributed by atoms with Crippen molar-refractivity contribution < 1.29 is 9.31 Å². The monoisotopic (exact) mass is 285 g/mol. The van der Waals surface area contributed by atoms with E-state index in [1.54, 1.807) is 0 Å². The maximum absolute atomic E-state index is 6.44. The molecule has 0 aromatic heterocycles. The van der Waals surface area contributed by atoms with Crippen molar-refractivity contribution in [2.75, 3.05) is 6.54 Å². The Balaban J connectivity index is 0.00000110. The van der Waals surface area contributed by atoms with E-state index in [-0.39, 0.29) is 25.1 Å². The average Bonchev–Trinajstić information content (AvgIpc) is 2.92. The second-order valence-corrected chi connectivity index (χ2v) is 7.54. The number of rotatable bonds is 1. The lowest BCUT2D eigenvalue weighted by Gasteiger charge is -2.64. The fourth-order valence-electron chi connectivity index (χ4n) is 5.01. The van der Waals surface area contributed by atoms with E-state index >= 15 is 0 Å². The number of hydrogen-bond donors (Lipinski definition) is 1. The minimum absolute atomic E-state index is 0. The third-order valence-electron chi connectivity index (χ3n) is 6.40. The Morgan fingerprint density at radius 3 is 2.63 bits per heavy atom. The molecule has 19 heavy (non-hydrogen) atoms. The van der Waals surface area contributed by atoms with Crippen LogP contribution in [0.25, 0.3) is 0 Å². The van der Waals surface area contributed by atoms with Crippen LogP contribution in [0.5, 0.6) is 0 Å². The van der Waals surface area contributed by atoms with E-state index in [1.165, 1.54) is 25.7 Å². The molecule has 0 aromatic carbocycles. The second kappa shape index (κ2) is 4.36. The minimum Gasteiger partial charge on any atom is -0.404 e. The van der Waals surface area contributed by atoms with Crippen LogP contribution in [0.15, 0.2) is 0 Å². The molecule has 5 fully saturated rings. The Morgan fingerprint density at radius 2 is 2.00 bits per heavy atom. The molecular weight excluding hydrogens is 260 g/mol. The Kier molecular flexibility index (Phi) is 3.26. The predicted molar refractivity (Wildman–Crippen MR) is 78.4 cm³/mol. The van der Waals surface area contributed by atoms with Gasteiger partial charge in [-0.05, 0) is 56.4 Å². The van der Waals surface area contributed by atoms with Crippen molar-refractivity contribution >= 4 is 19.5 Å².